The van der Waals surface area contributed by atoms with Crippen molar-refractivity contribution in [1.82, 2.24) is 14.5 Å². The minimum atomic E-state index is -1.13. The predicted molar refractivity (Wildman–Crippen MR) is 149 cm³/mol. The van der Waals surface area contributed by atoms with E-state index in [9.17, 15) is 9.59 Å². The van der Waals surface area contributed by atoms with Gasteiger partial charge in [-0.1, -0.05) is 66.6 Å². The first-order valence-electron chi connectivity index (χ1n) is 12.8. The zero-order valence-electron chi connectivity index (χ0n) is 21.6. The van der Waals surface area contributed by atoms with Crippen LogP contribution in [0.5, 0.6) is 0 Å². The first-order chi connectivity index (χ1) is 19.4. The molecule has 4 aromatic rings. The lowest BCUT2D eigenvalue weighted by molar-refractivity contribution is -0.116. The van der Waals surface area contributed by atoms with Gasteiger partial charge in [-0.25, -0.2) is 4.79 Å². The minimum absolute atomic E-state index is 0.0171. The molecule has 0 bridgehead atoms. The second-order valence-corrected chi connectivity index (χ2v) is 9.74. The van der Waals surface area contributed by atoms with Crippen molar-refractivity contribution in [1.29, 1.82) is 0 Å². The van der Waals surface area contributed by atoms with Gasteiger partial charge in [-0.2, -0.15) is 9.97 Å². The number of amides is 1. The second-order valence-electron chi connectivity index (χ2n) is 9.40. The largest absolute Gasteiger partial charge is 0.508 e. The number of halogens is 1. The highest BCUT2D eigenvalue weighted by molar-refractivity contribution is 6.28. The molecule has 3 heterocycles. The van der Waals surface area contributed by atoms with E-state index in [1.807, 2.05) is 60.7 Å². The molecule has 204 valence electrons. The van der Waals surface area contributed by atoms with Crippen molar-refractivity contribution in [2.75, 3.05) is 11.9 Å². The van der Waals surface area contributed by atoms with E-state index in [0.717, 1.165) is 11.1 Å². The molecule has 0 radical (unpaired) electrons. The summed E-state index contributed by atoms with van der Waals surface area (Å²) in [6.07, 6.45) is 8.14. The van der Waals surface area contributed by atoms with E-state index in [4.69, 9.17) is 32.2 Å². The number of terminal acetylenes is 1. The summed E-state index contributed by atoms with van der Waals surface area (Å²) in [5, 5.41) is 3.45. The fraction of sp³-hybridized carbons (Fsp3) is 0.267. The number of hydrogen-bond acceptors (Lipinski definition) is 7. The normalized spacial score (nSPS) is 18.2. The highest BCUT2D eigenvalue weighted by Crippen LogP contribution is 2.39. The lowest BCUT2D eigenvalue weighted by atomic mass is 10.0. The average molecular weight is 559 g/mol. The Morgan fingerprint density at radius 2 is 1.80 bits per heavy atom. The molecule has 2 aromatic carbocycles. The number of anilines is 1. The van der Waals surface area contributed by atoms with Crippen LogP contribution in [0.25, 0.3) is 11.0 Å². The number of fused-ring (bicyclic) bond motifs is 1. The van der Waals surface area contributed by atoms with Gasteiger partial charge in [0.1, 0.15) is 30.9 Å². The van der Waals surface area contributed by atoms with E-state index in [1.54, 1.807) is 16.8 Å². The van der Waals surface area contributed by atoms with Crippen LogP contribution in [0.4, 0.5) is 10.6 Å². The molecule has 0 aliphatic carbocycles. The zero-order chi connectivity index (χ0) is 28.0. The summed E-state index contributed by atoms with van der Waals surface area (Å²) >= 11 is 6.23. The first kappa shape index (κ1) is 27.2. The Morgan fingerprint density at radius 1 is 1.07 bits per heavy atom. The molecule has 2 atom stereocenters. The van der Waals surface area contributed by atoms with Crippen LogP contribution in [0.3, 0.4) is 0 Å². The monoisotopic (exact) mass is 558 g/mol. The smallest absolute Gasteiger partial charge is 0.430 e. The Kier molecular flexibility index (Phi) is 8.29. The van der Waals surface area contributed by atoms with Gasteiger partial charge >= 0.3 is 6.16 Å². The van der Waals surface area contributed by atoms with Crippen LogP contribution in [-0.4, -0.2) is 38.8 Å². The van der Waals surface area contributed by atoms with Crippen LogP contribution < -0.4 is 5.32 Å². The van der Waals surface area contributed by atoms with Gasteiger partial charge in [0.25, 0.3) is 0 Å². The Bertz CT molecular complexity index is 1540. The molecule has 0 spiro atoms. The molecular weight excluding hydrogens is 532 g/mol. The molecule has 0 saturated carbocycles. The quantitative estimate of drug-likeness (QED) is 0.160. The van der Waals surface area contributed by atoms with Crippen molar-refractivity contribution in [3.63, 3.8) is 0 Å². The third kappa shape index (κ3) is 6.42. The molecule has 10 heteroatoms. The van der Waals surface area contributed by atoms with Gasteiger partial charge in [0.15, 0.2) is 5.60 Å². The molecular formula is C30H27ClN4O5. The van der Waals surface area contributed by atoms with Crippen molar-refractivity contribution in [3.8, 4) is 12.3 Å². The van der Waals surface area contributed by atoms with Gasteiger partial charge in [-0.05, 0) is 48.1 Å². The Hall–Kier alpha value is -4.39. The lowest BCUT2D eigenvalue weighted by Crippen LogP contribution is -2.34. The van der Waals surface area contributed by atoms with Crippen molar-refractivity contribution in [2.24, 2.45) is 0 Å². The van der Waals surface area contributed by atoms with Gasteiger partial charge in [0.05, 0.1) is 5.39 Å². The van der Waals surface area contributed by atoms with E-state index in [0.29, 0.717) is 36.1 Å². The second kappa shape index (κ2) is 12.2. The molecule has 1 unspecified atom stereocenters. The summed E-state index contributed by atoms with van der Waals surface area (Å²) in [7, 11) is 0. The SMILES string of the molecule is C#CC1(COC(=O)OCc2ccccc2)CC[C@H](n2ccc3c(NC(=O)CCc4ccccc4)nc(Cl)nc32)O1. The maximum atomic E-state index is 12.7. The van der Waals surface area contributed by atoms with Crippen molar-refractivity contribution in [3.05, 3.63) is 89.3 Å². The fourth-order valence-electron chi connectivity index (χ4n) is 4.55. The van der Waals surface area contributed by atoms with E-state index < -0.39 is 18.0 Å². The summed E-state index contributed by atoms with van der Waals surface area (Å²) in [4.78, 5) is 33.4. The number of rotatable bonds is 9. The zero-order valence-corrected chi connectivity index (χ0v) is 22.3. The Balaban J connectivity index is 1.22. The Morgan fingerprint density at radius 3 is 2.52 bits per heavy atom. The maximum Gasteiger partial charge on any atom is 0.508 e. The van der Waals surface area contributed by atoms with Crippen LogP contribution >= 0.6 is 11.6 Å². The number of nitrogens with one attached hydrogen (secondary N) is 1. The summed E-state index contributed by atoms with van der Waals surface area (Å²) in [6, 6.07) is 20.8. The number of ether oxygens (including phenoxy) is 3. The molecule has 1 saturated heterocycles. The molecule has 1 amide bonds. The van der Waals surface area contributed by atoms with Crippen molar-refractivity contribution < 1.29 is 23.8 Å². The number of aromatic nitrogens is 3. The highest BCUT2D eigenvalue weighted by atomic mass is 35.5. The van der Waals surface area contributed by atoms with Gasteiger partial charge in [-0.15, -0.1) is 6.42 Å². The number of nitrogens with zero attached hydrogens (tertiary/aromatic N) is 3. The number of aryl methyl sites for hydroxylation is 1. The van der Waals surface area contributed by atoms with Gasteiger partial charge < -0.3 is 24.1 Å². The fourth-order valence-corrected chi connectivity index (χ4v) is 4.71. The van der Waals surface area contributed by atoms with Crippen molar-refractivity contribution in [2.45, 2.75) is 44.1 Å². The van der Waals surface area contributed by atoms with Gasteiger partial charge in [-0.3, -0.25) is 4.79 Å². The molecule has 1 aliphatic heterocycles. The van der Waals surface area contributed by atoms with E-state index in [1.165, 1.54) is 0 Å². The number of benzene rings is 2. The summed E-state index contributed by atoms with van der Waals surface area (Å²) in [5.41, 5.74) is 1.27. The van der Waals surface area contributed by atoms with Crippen LogP contribution in [-0.2, 0) is 32.0 Å². The van der Waals surface area contributed by atoms with Crippen LogP contribution in [0, 0.1) is 12.3 Å². The van der Waals surface area contributed by atoms with E-state index >= 15 is 0 Å². The number of carbonyl (C=O) groups excluding carboxylic acids is 2. The lowest BCUT2D eigenvalue weighted by Gasteiger charge is -2.23. The van der Waals surface area contributed by atoms with E-state index in [-0.39, 0.29) is 30.8 Å². The number of hydrogen-bond donors (Lipinski definition) is 1. The molecule has 2 aromatic heterocycles. The van der Waals surface area contributed by atoms with E-state index in [2.05, 4.69) is 21.2 Å². The number of carbonyl (C=O) groups is 2. The third-order valence-electron chi connectivity index (χ3n) is 6.64. The molecule has 9 nitrogen and oxygen atoms in total. The summed E-state index contributed by atoms with van der Waals surface area (Å²) < 4.78 is 18.5. The van der Waals surface area contributed by atoms with Gasteiger partial charge in [0, 0.05) is 12.6 Å². The maximum absolute atomic E-state index is 12.7. The highest BCUT2D eigenvalue weighted by Gasteiger charge is 2.41. The molecule has 1 N–H and O–H groups in total. The topological polar surface area (TPSA) is 105 Å². The average Bonchev–Trinajstić information content (AvgIpc) is 3.60. The standard InChI is InChI=1S/C30H27ClN4O5/c1-2-30(20-39-29(37)38-19-22-11-7-4-8-12-22)17-15-25(40-30)35-18-16-23-26(33-28(31)34-27(23)35)32-24(36)14-13-21-9-5-3-6-10-21/h1,3-12,16,18,25H,13-15,17,19-20H2,(H,32,33,34,36)/t25-,30?/m1/s1. The van der Waals surface area contributed by atoms with Crippen LogP contribution in [0.2, 0.25) is 5.28 Å². The predicted octanol–water partition coefficient (Wildman–Crippen LogP) is 5.69. The summed E-state index contributed by atoms with van der Waals surface area (Å²) in [6.45, 7) is -0.0710. The molecule has 40 heavy (non-hydrogen) atoms. The summed E-state index contributed by atoms with van der Waals surface area (Å²) in [5.74, 6) is 2.77. The molecule has 5 rings (SSSR count). The Labute approximate surface area is 236 Å². The first-order valence-corrected chi connectivity index (χ1v) is 13.2. The van der Waals surface area contributed by atoms with Crippen molar-refractivity contribution >= 4 is 40.5 Å². The third-order valence-corrected chi connectivity index (χ3v) is 6.81. The van der Waals surface area contributed by atoms with Gasteiger partial charge in [0.2, 0.25) is 11.2 Å². The molecule has 1 fully saturated rings. The van der Waals surface area contributed by atoms with Crippen LogP contribution in [0.1, 0.15) is 36.6 Å². The van der Waals surface area contributed by atoms with Crippen LogP contribution in [0.15, 0.2) is 72.9 Å². The minimum Gasteiger partial charge on any atom is -0.430 e. The molecule has 1 aliphatic rings.